The minimum Gasteiger partial charge on any atom is -0.454 e. The number of ether oxygens (including phenoxy) is 1. The van der Waals surface area contributed by atoms with Crippen molar-refractivity contribution in [2.45, 2.75) is 19.8 Å². The number of carbonyl (C=O) groups is 1. The van der Waals surface area contributed by atoms with E-state index in [4.69, 9.17) is 15.7 Å². The van der Waals surface area contributed by atoms with Crippen molar-refractivity contribution in [2.24, 2.45) is 5.73 Å². The Morgan fingerprint density at radius 3 is 2.62 bits per heavy atom. The fraction of sp³-hybridized carbons (Fsp3) is 0.176. The Morgan fingerprint density at radius 2 is 2.04 bits per heavy atom. The number of nitriles is 1. The number of rotatable bonds is 5. The molecular formula is C17H13F3N2O2. The van der Waals surface area contributed by atoms with E-state index in [9.17, 15) is 18.0 Å². The molecule has 24 heavy (non-hydrogen) atoms. The van der Waals surface area contributed by atoms with Crippen LogP contribution in [-0.2, 0) is 11.2 Å². The molecule has 0 aliphatic heterocycles. The van der Waals surface area contributed by atoms with E-state index >= 15 is 0 Å². The maximum absolute atomic E-state index is 14.5. The number of primary amides is 1. The highest BCUT2D eigenvalue weighted by atomic mass is 19.3. The van der Waals surface area contributed by atoms with Gasteiger partial charge in [0, 0.05) is 11.1 Å². The van der Waals surface area contributed by atoms with Gasteiger partial charge in [0.2, 0.25) is 5.91 Å². The Morgan fingerprint density at radius 1 is 1.33 bits per heavy atom. The molecule has 2 aromatic rings. The fourth-order valence-corrected chi connectivity index (χ4v) is 2.13. The summed E-state index contributed by atoms with van der Waals surface area (Å²) in [6.07, 6.45) is -3.11. The number of benzene rings is 2. The monoisotopic (exact) mass is 334 g/mol. The summed E-state index contributed by atoms with van der Waals surface area (Å²) >= 11 is 0. The molecule has 1 amide bonds. The lowest BCUT2D eigenvalue weighted by atomic mass is 10.1. The van der Waals surface area contributed by atoms with Crippen LogP contribution in [0.15, 0.2) is 30.3 Å². The molecule has 124 valence electrons. The SMILES string of the molecule is Cc1ccc(CC(N)=O)c(F)c1Oc1cc(C#N)cc(C(F)F)c1. The third-order valence-corrected chi connectivity index (χ3v) is 3.27. The molecule has 0 unspecified atom stereocenters. The van der Waals surface area contributed by atoms with Gasteiger partial charge in [0.05, 0.1) is 18.1 Å². The van der Waals surface area contributed by atoms with E-state index < -0.39 is 23.7 Å². The van der Waals surface area contributed by atoms with E-state index in [1.54, 1.807) is 13.0 Å². The van der Waals surface area contributed by atoms with Crippen molar-refractivity contribution in [2.75, 3.05) is 0 Å². The molecule has 0 bridgehead atoms. The zero-order valence-electron chi connectivity index (χ0n) is 12.6. The Kier molecular flexibility index (Phi) is 5.09. The second kappa shape index (κ2) is 7.04. The predicted octanol–water partition coefficient (Wildman–Crippen LogP) is 3.76. The number of hydrogen-bond acceptors (Lipinski definition) is 3. The summed E-state index contributed by atoms with van der Waals surface area (Å²) in [6, 6.07) is 7.97. The van der Waals surface area contributed by atoms with Crippen LogP contribution in [-0.4, -0.2) is 5.91 Å². The highest BCUT2D eigenvalue weighted by molar-refractivity contribution is 5.76. The van der Waals surface area contributed by atoms with Crippen LogP contribution in [0.4, 0.5) is 13.2 Å². The lowest BCUT2D eigenvalue weighted by Gasteiger charge is -2.13. The number of amides is 1. The first-order valence-corrected chi connectivity index (χ1v) is 6.89. The zero-order chi connectivity index (χ0) is 17.9. The third-order valence-electron chi connectivity index (χ3n) is 3.27. The van der Waals surface area contributed by atoms with Crippen LogP contribution in [0.25, 0.3) is 0 Å². The highest BCUT2D eigenvalue weighted by Gasteiger charge is 2.17. The number of nitrogens with two attached hydrogens (primary N) is 1. The van der Waals surface area contributed by atoms with Crippen molar-refractivity contribution in [3.8, 4) is 17.6 Å². The van der Waals surface area contributed by atoms with Crippen LogP contribution in [0.3, 0.4) is 0 Å². The number of carbonyl (C=O) groups excluding carboxylic acids is 1. The first-order chi connectivity index (χ1) is 11.3. The number of alkyl halides is 2. The van der Waals surface area contributed by atoms with E-state index in [1.165, 1.54) is 18.2 Å². The molecule has 0 aliphatic rings. The number of hydrogen-bond donors (Lipinski definition) is 1. The molecule has 2 aromatic carbocycles. The molecular weight excluding hydrogens is 321 g/mol. The van der Waals surface area contributed by atoms with Crippen LogP contribution in [0.1, 0.15) is 28.7 Å². The molecule has 0 atom stereocenters. The molecule has 0 heterocycles. The molecule has 0 spiro atoms. The summed E-state index contributed by atoms with van der Waals surface area (Å²) in [7, 11) is 0. The summed E-state index contributed by atoms with van der Waals surface area (Å²) in [5, 5.41) is 8.91. The summed E-state index contributed by atoms with van der Waals surface area (Å²) in [5.41, 5.74) is 5.06. The van der Waals surface area contributed by atoms with Gasteiger partial charge in [0.25, 0.3) is 6.43 Å². The van der Waals surface area contributed by atoms with Gasteiger partial charge in [-0.25, -0.2) is 13.2 Å². The molecule has 0 aromatic heterocycles. The van der Waals surface area contributed by atoms with Crippen molar-refractivity contribution in [3.63, 3.8) is 0 Å². The van der Waals surface area contributed by atoms with Crippen LogP contribution in [0.5, 0.6) is 11.5 Å². The summed E-state index contributed by atoms with van der Waals surface area (Å²) in [4.78, 5) is 11.0. The molecule has 0 saturated heterocycles. The van der Waals surface area contributed by atoms with Crippen LogP contribution >= 0.6 is 0 Å². The van der Waals surface area contributed by atoms with Crippen molar-refractivity contribution < 1.29 is 22.7 Å². The van der Waals surface area contributed by atoms with Gasteiger partial charge in [0.15, 0.2) is 11.6 Å². The third kappa shape index (κ3) is 3.84. The van der Waals surface area contributed by atoms with Gasteiger partial charge < -0.3 is 10.5 Å². The molecule has 0 fully saturated rings. The van der Waals surface area contributed by atoms with Crippen LogP contribution < -0.4 is 10.5 Å². The Balaban J connectivity index is 2.46. The minimum absolute atomic E-state index is 0.0332. The Labute approximate surface area is 136 Å². The maximum atomic E-state index is 14.5. The average molecular weight is 334 g/mol. The molecule has 0 saturated carbocycles. The molecule has 4 nitrogen and oxygen atoms in total. The fourth-order valence-electron chi connectivity index (χ4n) is 2.13. The van der Waals surface area contributed by atoms with Gasteiger partial charge in [-0.2, -0.15) is 5.26 Å². The summed E-state index contributed by atoms with van der Waals surface area (Å²) in [6.45, 7) is 1.56. The van der Waals surface area contributed by atoms with Gasteiger partial charge in [-0.15, -0.1) is 0 Å². The first kappa shape index (κ1) is 17.3. The molecule has 2 N–H and O–H groups in total. The molecule has 2 rings (SSSR count). The smallest absolute Gasteiger partial charge is 0.264 e. The van der Waals surface area contributed by atoms with Crippen molar-refractivity contribution >= 4 is 5.91 Å². The topological polar surface area (TPSA) is 76.1 Å². The lowest BCUT2D eigenvalue weighted by Crippen LogP contribution is -2.15. The van der Waals surface area contributed by atoms with Crippen molar-refractivity contribution in [3.05, 3.63) is 58.4 Å². The molecule has 0 radical (unpaired) electrons. The predicted molar refractivity (Wildman–Crippen MR) is 80.2 cm³/mol. The van der Waals surface area contributed by atoms with E-state index in [2.05, 4.69) is 0 Å². The Bertz CT molecular complexity index is 829. The second-order valence-electron chi connectivity index (χ2n) is 5.13. The Hall–Kier alpha value is -3.01. The largest absolute Gasteiger partial charge is 0.454 e. The second-order valence-corrected chi connectivity index (χ2v) is 5.13. The number of halogens is 3. The number of aryl methyl sites for hydroxylation is 1. The van der Waals surface area contributed by atoms with E-state index in [-0.39, 0.29) is 29.0 Å². The highest BCUT2D eigenvalue weighted by Crippen LogP contribution is 2.33. The standard InChI is InChI=1S/C17H13F3N2O2/c1-9-2-3-11(7-14(22)23)15(18)16(9)24-13-5-10(8-21)4-12(6-13)17(19)20/h2-6,17H,7H2,1H3,(H2,22,23). The maximum Gasteiger partial charge on any atom is 0.264 e. The van der Waals surface area contributed by atoms with Crippen LogP contribution in [0, 0.1) is 24.1 Å². The van der Waals surface area contributed by atoms with Crippen molar-refractivity contribution in [1.82, 2.24) is 0 Å². The normalized spacial score (nSPS) is 10.5. The number of nitrogens with zero attached hydrogens (tertiary/aromatic N) is 1. The molecule has 7 heteroatoms. The summed E-state index contributed by atoms with van der Waals surface area (Å²) < 4.78 is 45.6. The van der Waals surface area contributed by atoms with E-state index in [0.717, 1.165) is 12.1 Å². The first-order valence-electron chi connectivity index (χ1n) is 6.89. The zero-order valence-corrected chi connectivity index (χ0v) is 12.6. The van der Waals surface area contributed by atoms with Gasteiger partial charge in [0.1, 0.15) is 5.75 Å². The summed E-state index contributed by atoms with van der Waals surface area (Å²) in [5.74, 6) is -1.81. The van der Waals surface area contributed by atoms with Crippen LogP contribution in [0.2, 0.25) is 0 Å². The average Bonchev–Trinajstić information content (AvgIpc) is 2.53. The van der Waals surface area contributed by atoms with Gasteiger partial charge >= 0.3 is 0 Å². The van der Waals surface area contributed by atoms with Crippen molar-refractivity contribution in [1.29, 1.82) is 5.26 Å². The molecule has 0 aliphatic carbocycles. The van der Waals surface area contributed by atoms with Gasteiger partial charge in [-0.05, 0) is 30.7 Å². The van der Waals surface area contributed by atoms with Gasteiger partial charge in [-0.1, -0.05) is 12.1 Å². The lowest BCUT2D eigenvalue weighted by molar-refractivity contribution is -0.117. The minimum atomic E-state index is -2.80. The van der Waals surface area contributed by atoms with Gasteiger partial charge in [-0.3, -0.25) is 4.79 Å². The quantitative estimate of drug-likeness (QED) is 0.904. The van der Waals surface area contributed by atoms with E-state index in [0.29, 0.717) is 5.56 Å². The van der Waals surface area contributed by atoms with E-state index in [1.807, 2.05) is 0 Å².